The van der Waals surface area contributed by atoms with E-state index < -0.39 is 42.7 Å². The monoisotopic (exact) mass is 287 g/mol. The summed E-state index contributed by atoms with van der Waals surface area (Å²) < 4.78 is 0. The number of aliphatic hydroxyl groups excluding tert-OH is 6. The maximum Gasteiger partial charge on any atom is 0.111 e. The van der Waals surface area contributed by atoms with E-state index in [1.807, 2.05) is 0 Å². The van der Waals surface area contributed by atoms with Gasteiger partial charge in [0.1, 0.15) is 24.4 Å². The first-order chi connectivity index (χ1) is 8.16. The average Bonchev–Trinajstić information content (AvgIpc) is 2.34. The van der Waals surface area contributed by atoms with Crippen LogP contribution < -0.4 is 4.84 Å². The van der Waals surface area contributed by atoms with Gasteiger partial charge in [-0.2, -0.15) is 0 Å². The Kier molecular flexibility index (Phi) is 7.57. The smallest absolute Gasteiger partial charge is 0.111 e. The van der Waals surface area contributed by atoms with Crippen LogP contribution in [0, 0.1) is 0 Å². The number of hydrogen-bond acceptors (Lipinski definition) is 7. The van der Waals surface area contributed by atoms with Gasteiger partial charge in [0.05, 0.1) is 12.7 Å². The molecule has 0 heterocycles. The summed E-state index contributed by atoms with van der Waals surface area (Å²) in [4.78, 5) is 2.40. The zero-order chi connectivity index (χ0) is 14.5. The minimum Gasteiger partial charge on any atom is -0.394 e. The summed E-state index contributed by atoms with van der Waals surface area (Å²) in [5.41, 5.74) is -0.692. The molecule has 0 fully saturated rings. The summed E-state index contributed by atoms with van der Waals surface area (Å²) in [6, 6.07) is 0. The molecule has 18 heavy (non-hydrogen) atoms. The first-order valence-corrected chi connectivity index (χ1v) is 5.93. The van der Waals surface area contributed by atoms with Crippen LogP contribution in [0.3, 0.4) is 0 Å². The summed E-state index contributed by atoms with van der Waals surface area (Å²) in [7, 11) is 0. The lowest BCUT2D eigenvalue weighted by Gasteiger charge is -2.32. The van der Waals surface area contributed by atoms with Crippen LogP contribution in [0.2, 0.25) is 0 Å². The van der Waals surface area contributed by atoms with E-state index in [0.29, 0.717) is 0 Å². The van der Waals surface area contributed by atoms with Crippen LogP contribution >= 0.6 is 11.8 Å². The van der Waals surface area contributed by atoms with Gasteiger partial charge in [-0.05, 0) is 32.0 Å². The Morgan fingerprint density at radius 1 is 0.944 bits per heavy atom. The molecule has 0 aromatic heterocycles. The largest absolute Gasteiger partial charge is 0.394 e. The van der Waals surface area contributed by atoms with Gasteiger partial charge < -0.3 is 30.6 Å². The molecule has 5 unspecified atom stereocenters. The molecular weight excluding hydrogens is 266 g/mol. The van der Waals surface area contributed by atoms with Crippen molar-refractivity contribution < 1.29 is 30.6 Å². The van der Waals surface area contributed by atoms with Gasteiger partial charge in [-0.25, -0.2) is 4.84 Å². The van der Waals surface area contributed by atoms with E-state index in [1.54, 1.807) is 13.8 Å². The van der Waals surface area contributed by atoms with E-state index in [2.05, 4.69) is 4.84 Å². The fraction of sp³-hybridized carbons (Fsp3) is 1.00. The van der Waals surface area contributed by atoms with Crippen LogP contribution in [0.25, 0.3) is 0 Å². The summed E-state index contributed by atoms with van der Waals surface area (Å²) in [5.74, 6) is 0. The Bertz CT molecular complexity index is 242. The second-order valence-electron chi connectivity index (χ2n) is 4.97. The van der Waals surface area contributed by atoms with Crippen molar-refractivity contribution in [2.45, 2.75) is 56.3 Å². The van der Waals surface area contributed by atoms with E-state index in [4.69, 9.17) is 22.0 Å². The Morgan fingerprint density at radius 3 is 1.78 bits per heavy atom. The molecular formula is C10H22ClNO6. The standard InChI is InChI=1S/C10H22ClNO6/c1-10(2,12-11)3-5(14)7(16)9(18)8(17)6(15)4-13/h5-9,12-18H,3-4H2,1-2H3. The zero-order valence-corrected chi connectivity index (χ0v) is 11.1. The summed E-state index contributed by atoms with van der Waals surface area (Å²) in [6.07, 6.45) is -8.16. The van der Waals surface area contributed by atoms with E-state index in [1.165, 1.54) is 0 Å². The van der Waals surface area contributed by atoms with Crippen molar-refractivity contribution in [1.82, 2.24) is 4.84 Å². The molecule has 0 rings (SSSR count). The molecule has 7 nitrogen and oxygen atoms in total. The molecule has 8 heteroatoms. The highest BCUT2D eigenvalue weighted by atomic mass is 35.5. The van der Waals surface area contributed by atoms with Gasteiger partial charge in [0.2, 0.25) is 0 Å². The third kappa shape index (κ3) is 5.33. The summed E-state index contributed by atoms with van der Waals surface area (Å²) in [6.45, 7) is 2.57. The lowest BCUT2D eigenvalue weighted by molar-refractivity contribution is -0.142. The van der Waals surface area contributed by atoms with Crippen LogP contribution in [0.5, 0.6) is 0 Å². The lowest BCUT2D eigenvalue weighted by Crippen LogP contribution is -2.52. The van der Waals surface area contributed by atoms with Crippen molar-refractivity contribution in [3.05, 3.63) is 0 Å². The third-order valence-corrected chi connectivity index (χ3v) is 3.16. The van der Waals surface area contributed by atoms with Gasteiger partial charge in [0.15, 0.2) is 0 Å². The predicted molar refractivity (Wildman–Crippen MR) is 64.8 cm³/mol. The molecule has 0 aliphatic carbocycles. The molecule has 0 aliphatic heterocycles. The van der Waals surface area contributed by atoms with Crippen molar-refractivity contribution in [3.8, 4) is 0 Å². The number of rotatable bonds is 8. The van der Waals surface area contributed by atoms with Crippen molar-refractivity contribution >= 4 is 11.8 Å². The van der Waals surface area contributed by atoms with Gasteiger partial charge >= 0.3 is 0 Å². The van der Waals surface area contributed by atoms with Gasteiger partial charge in [0.25, 0.3) is 0 Å². The van der Waals surface area contributed by atoms with E-state index in [-0.39, 0.29) is 6.42 Å². The molecule has 110 valence electrons. The van der Waals surface area contributed by atoms with Gasteiger partial charge in [-0.1, -0.05) is 0 Å². The predicted octanol–water partition coefficient (Wildman–Crippen LogP) is -2.30. The maximum absolute atomic E-state index is 9.69. The highest BCUT2D eigenvalue weighted by molar-refractivity contribution is 6.13. The third-order valence-electron chi connectivity index (χ3n) is 2.65. The average molecular weight is 288 g/mol. The molecule has 5 atom stereocenters. The number of hydrogen-bond donors (Lipinski definition) is 7. The molecule has 0 amide bonds. The fourth-order valence-electron chi connectivity index (χ4n) is 1.45. The highest BCUT2D eigenvalue weighted by Gasteiger charge is 2.36. The van der Waals surface area contributed by atoms with Crippen molar-refractivity contribution in [1.29, 1.82) is 0 Å². The minimum absolute atomic E-state index is 0.0106. The molecule has 0 radical (unpaired) electrons. The number of aliphatic hydroxyl groups is 6. The van der Waals surface area contributed by atoms with Crippen LogP contribution in [0.15, 0.2) is 0 Å². The van der Waals surface area contributed by atoms with Crippen LogP contribution in [-0.4, -0.2) is 73.3 Å². The number of halogens is 1. The number of nitrogens with one attached hydrogen (secondary N) is 1. The van der Waals surface area contributed by atoms with E-state index in [9.17, 15) is 20.4 Å². The molecule has 0 bridgehead atoms. The summed E-state index contributed by atoms with van der Waals surface area (Å²) in [5, 5.41) is 56.0. The normalized spacial score (nSPS) is 21.2. The van der Waals surface area contributed by atoms with Crippen molar-refractivity contribution in [2.24, 2.45) is 0 Å². The van der Waals surface area contributed by atoms with Crippen LogP contribution in [-0.2, 0) is 0 Å². The van der Waals surface area contributed by atoms with Gasteiger partial charge in [-0.3, -0.25) is 0 Å². The molecule has 0 spiro atoms. The minimum atomic E-state index is -1.78. The molecule has 0 saturated carbocycles. The molecule has 0 aromatic rings. The second kappa shape index (κ2) is 7.56. The molecule has 0 saturated heterocycles. The maximum atomic E-state index is 9.69. The van der Waals surface area contributed by atoms with E-state index in [0.717, 1.165) is 0 Å². The first-order valence-electron chi connectivity index (χ1n) is 5.55. The fourth-order valence-corrected chi connectivity index (χ4v) is 1.52. The van der Waals surface area contributed by atoms with E-state index >= 15 is 0 Å². The Labute approximate surface area is 111 Å². The highest BCUT2D eigenvalue weighted by Crippen LogP contribution is 2.18. The summed E-state index contributed by atoms with van der Waals surface area (Å²) >= 11 is 5.43. The van der Waals surface area contributed by atoms with Crippen LogP contribution in [0.4, 0.5) is 0 Å². The molecule has 0 aromatic carbocycles. The molecule has 0 aliphatic rings. The van der Waals surface area contributed by atoms with Gasteiger partial charge in [-0.15, -0.1) is 0 Å². The Hall–Kier alpha value is 0.01000. The lowest BCUT2D eigenvalue weighted by atomic mass is 9.91. The Morgan fingerprint density at radius 2 is 1.39 bits per heavy atom. The molecule has 7 N–H and O–H groups in total. The topological polar surface area (TPSA) is 133 Å². The van der Waals surface area contributed by atoms with Crippen molar-refractivity contribution in [2.75, 3.05) is 6.61 Å². The first kappa shape index (κ1) is 18.0. The second-order valence-corrected chi connectivity index (χ2v) is 5.16. The van der Waals surface area contributed by atoms with Gasteiger partial charge in [0, 0.05) is 5.54 Å². The van der Waals surface area contributed by atoms with Crippen molar-refractivity contribution in [3.63, 3.8) is 0 Å². The zero-order valence-electron chi connectivity index (χ0n) is 10.4. The Balaban J connectivity index is 4.49. The SMILES string of the molecule is CC(C)(CC(O)C(O)C(O)C(O)C(O)CO)NCl. The van der Waals surface area contributed by atoms with Crippen LogP contribution in [0.1, 0.15) is 20.3 Å². The quantitative estimate of drug-likeness (QED) is 0.250.